The fraction of sp³-hybridized carbons (Fsp3) is 0.381. The third-order valence-electron chi connectivity index (χ3n) is 4.90. The van der Waals surface area contributed by atoms with Crippen molar-refractivity contribution in [2.75, 3.05) is 19.8 Å². The highest BCUT2D eigenvalue weighted by Crippen LogP contribution is 2.36. The number of benzene rings is 1. The van der Waals surface area contributed by atoms with E-state index in [2.05, 4.69) is 15.5 Å². The molecule has 6 nitrogen and oxygen atoms in total. The van der Waals surface area contributed by atoms with E-state index in [0.29, 0.717) is 22.1 Å². The molecule has 2 aromatic rings. The van der Waals surface area contributed by atoms with Crippen molar-refractivity contribution >= 4 is 23.2 Å². The molecular weight excluding hydrogens is 416 g/mol. The van der Waals surface area contributed by atoms with E-state index < -0.39 is 23.5 Å². The summed E-state index contributed by atoms with van der Waals surface area (Å²) in [5, 5.41) is 9.22. The third kappa shape index (κ3) is 5.38. The maximum atomic E-state index is 14.6. The van der Waals surface area contributed by atoms with Crippen LogP contribution >= 0.6 is 11.6 Å². The number of carbonyl (C=O) groups is 1. The summed E-state index contributed by atoms with van der Waals surface area (Å²) in [6, 6.07) is 5.84. The minimum atomic E-state index is -0.662. The van der Waals surface area contributed by atoms with Crippen molar-refractivity contribution in [1.29, 1.82) is 0 Å². The minimum absolute atomic E-state index is 0.00799. The number of halogens is 3. The van der Waals surface area contributed by atoms with E-state index in [1.54, 1.807) is 19.1 Å². The Kier molecular flexibility index (Phi) is 7.47. The van der Waals surface area contributed by atoms with E-state index in [-0.39, 0.29) is 43.9 Å². The van der Waals surface area contributed by atoms with Gasteiger partial charge in [-0.25, -0.2) is 13.8 Å². The first-order valence-corrected chi connectivity index (χ1v) is 9.87. The molecule has 3 rings (SSSR count). The fourth-order valence-electron chi connectivity index (χ4n) is 3.56. The zero-order valence-electron chi connectivity index (χ0n) is 16.4. The maximum absolute atomic E-state index is 14.6. The van der Waals surface area contributed by atoms with Gasteiger partial charge in [-0.05, 0) is 36.2 Å². The molecule has 2 atom stereocenters. The standard InChI is InChI=1S/C21H22ClF2N3O3/c1-12-6-17(23)20(18(24)7-12)16-11-26-21(27-30-5-4-28)15(16)9-14(29)8-13-2-3-19(22)25-10-13/h2-3,6-7,10,15-16,28H,4-5,8-9,11H2,1H3,(H,26,27)/t15-,16+/m0/s1. The molecule has 9 heteroatoms. The number of hydroxylamine groups is 1. The Hall–Kier alpha value is -2.42. The summed E-state index contributed by atoms with van der Waals surface area (Å²) in [5.41, 5.74) is 3.70. The van der Waals surface area contributed by atoms with Crippen LogP contribution in [0.25, 0.3) is 0 Å². The summed E-state index contributed by atoms with van der Waals surface area (Å²) in [6.07, 6.45) is 1.63. The number of pyridine rings is 1. The van der Waals surface area contributed by atoms with E-state index in [0.717, 1.165) is 0 Å². The number of rotatable bonds is 8. The Morgan fingerprint density at radius 2 is 2.07 bits per heavy atom. The second kappa shape index (κ2) is 10.1. The van der Waals surface area contributed by atoms with Crippen LogP contribution in [-0.4, -0.2) is 41.5 Å². The zero-order valence-corrected chi connectivity index (χ0v) is 17.1. The number of aliphatic imine (C=N–C) groups is 1. The van der Waals surface area contributed by atoms with Gasteiger partial charge in [0.1, 0.15) is 28.4 Å². The van der Waals surface area contributed by atoms with Crippen molar-refractivity contribution < 1.29 is 23.5 Å². The zero-order chi connectivity index (χ0) is 21.7. The van der Waals surface area contributed by atoms with Gasteiger partial charge in [0.05, 0.1) is 13.2 Å². The molecule has 2 heterocycles. The van der Waals surface area contributed by atoms with Crippen LogP contribution < -0.4 is 5.48 Å². The van der Waals surface area contributed by atoms with Gasteiger partial charge in [-0.15, -0.1) is 0 Å². The first-order valence-electron chi connectivity index (χ1n) is 9.49. The van der Waals surface area contributed by atoms with Crippen molar-refractivity contribution in [2.24, 2.45) is 10.9 Å². The van der Waals surface area contributed by atoms with E-state index in [1.165, 1.54) is 18.3 Å². The Balaban J connectivity index is 1.81. The van der Waals surface area contributed by atoms with Crippen LogP contribution in [0, 0.1) is 24.5 Å². The number of carbonyl (C=O) groups excluding carboxylic acids is 1. The van der Waals surface area contributed by atoms with Crippen molar-refractivity contribution in [3.63, 3.8) is 0 Å². The molecule has 0 spiro atoms. The number of hydrogen-bond donors (Lipinski definition) is 2. The normalized spacial score (nSPS) is 18.4. The average molecular weight is 438 g/mol. The van der Waals surface area contributed by atoms with Crippen LogP contribution in [-0.2, 0) is 16.1 Å². The predicted molar refractivity (Wildman–Crippen MR) is 108 cm³/mol. The van der Waals surface area contributed by atoms with Crippen molar-refractivity contribution in [3.05, 3.63) is 63.9 Å². The molecule has 0 unspecified atom stereocenters. The van der Waals surface area contributed by atoms with Gasteiger partial charge >= 0.3 is 0 Å². The molecule has 0 saturated carbocycles. The lowest BCUT2D eigenvalue weighted by atomic mass is 9.82. The monoisotopic (exact) mass is 437 g/mol. The number of aromatic nitrogens is 1. The molecule has 1 aliphatic heterocycles. The van der Waals surface area contributed by atoms with Gasteiger partial charge in [-0.1, -0.05) is 17.7 Å². The number of hydrogen-bond acceptors (Lipinski definition) is 6. The Morgan fingerprint density at radius 3 is 2.70 bits per heavy atom. The number of aryl methyl sites for hydroxylation is 1. The largest absolute Gasteiger partial charge is 0.394 e. The molecule has 0 bridgehead atoms. The maximum Gasteiger partial charge on any atom is 0.138 e. The molecule has 160 valence electrons. The van der Waals surface area contributed by atoms with Gasteiger partial charge in [0, 0.05) is 43.0 Å². The SMILES string of the molecule is Cc1cc(F)c([C@@H]2CN=C(NOCCO)[C@H]2CC(=O)Cc2ccc(Cl)nc2)c(F)c1. The molecule has 0 aliphatic carbocycles. The Morgan fingerprint density at radius 1 is 1.33 bits per heavy atom. The molecule has 30 heavy (non-hydrogen) atoms. The van der Waals surface area contributed by atoms with Gasteiger partial charge < -0.3 is 5.11 Å². The Labute approximate surface area is 177 Å². The van der Waals surface area contributed by atoms with Crippen LogP contribution in [0.2, 0.25) is 5.15 Å². The number of aliphatic hydroxyl groups is 1. The quantitative estimate of drug-likeness (QED) is 0.376. The van der Waals surface area contributed by atoms with E-state index in [4.69, 9.17) is 21.5 Å². The lowest BCUT2D eigenvalue weighted by Crippen LogP contribution is -2.33. The van der Waals surface area contributed by atoms with Gasteiger partial charge in [-0.3, -0.25) is 20.1 Å². The summed E-state index contributed by atoms with van der Waals surface area (Å²) in [6.45, 7) is 1.52. The predicted octanol–water partition coefficient (Wildman–Crippen LogP) is 3.15. The van der Waals surface area contributed by atoms with Crippen LogP contribution in [0.15, 0.2) is 35.5 Å². The molecule has 0 radical (unpaired) electrons. The topological polar surface area (TPSA) is 83.8 Å². The average Bonchev–Trinajstić information content (AvgIpc) is 3.05. The highest BCUT2D eigenvalue weighted by atomic mass is 35.5. The van der Waals surface area contributed by atoms with Gasteiger partial charge in [-0.2, -0.15) is 0 Å². The van der Waals surface area contributed by atoms with Gasteiger partial charge in [0.2, 0.25) is 0 Å². The molecule has 0 saturated heterocycles. The summed E-state index contributed by atoms with van der Waals surface area (Å²) in [4.78, 5) is 26.1. The summed E-state index contributed by atoms with van der Waals surface area (Å²) < 4.78 is 29.2. The third-order valence-corrected chi connectivity index (χ3v) is 5.12. The molecular formula is C21H22ClF2N3O3. The van der Waals surface area contributed by atoms with E-state index in [1.807, 2.05) is 0 Å². The summed E-state index contributed by atoms with van der Waals surface area (Å²) >= 11 is 5.77. The Bertz CT molecular complexity index is 915. The minimum Gasteiger partial charge on any atom is -0.394 e. The first kappa shape index (κ1) is 22.3. The number of nitrogens with zero attached hydrogens (tertiary/aromatic N) is 2. The summed E-state index contributed by atoms with van der Waals surface area (Å²) in [7, 11) is 0. The van der Waals surface area contributed by atoms with E-state index >= 15 is 0 Å². The number of amidine groups is 1. The first-order chi connectivity index (χ1) is 14.4. The molecule has 1 aromatic heterocycles. The number of ketones is 1. The highest BCUT2D eigenvalue weighted by molar-refractivity contribution is 6.29. The van der Waals surface area contributed by atoms with E-state index in [9.17, 15) is 13.6 Å². The number of Topliss-reactive ketones (excluding diaryl/α,β-unsaturated/α-hetero) is 1. The molecule has 2 N–H and O–H groups in total. The molecule has 1 aliphatic rings. The second-order valence-corrected chi connectivity index (χ2v) is 7.55. The summed E-state index contributed by atoms with van der Waals surface area (Å²) in [5.74, 6) is -2.38. The number of nitrogens with one attached hydrogen (secondary N) is 1. The van der Waals surface area contributed by atoms with Crippen LogP contribution in [0.1, 0.15) is 29.0 Å². The van der Waals surface area contributed by atoms with Gasteiger partial charge in [0.15, 0.2) is 0 Å². The van der Waals surface area contributed by atoms with Gasteiger partial charge in [0.25, 0.3) is 0 Å². The van der Waals surface area contributed by atoms with Crippen LogP contribution in [0.4, 0.5) is 8.78 Å². The fourth-order valence-corrected chi connectivity index (χ4v) is 3.67. The second-order valence-electron chi connectivity index (χ2n) is 7.16. The van der Waals surface area contributed by atoms with Crippen LogP contribution in [0.5, 0.6) is 0 Å². The number of aliphatic hydroxyl groups excluding tert-OH is 1. The van der Waals surface area contributed by atoms with Crippen LogP contribution in [0.3, 0.4) is 0 Å². The van der Waals surface area contributed by atoms with Crippen molar-refractivity contribution in [3.8, 4) is 0 Å². The molecule has 0 amide bonds. The smallest absolute Gasteiger partial charge is 0.138 e. The lowest BCUT2D eigenvalue weighted by molar-refractivity contribution is -0.119. The molecule has 0 fully saturated rings. The van der Waals surface area contributed by atoms with Crippen molar-refractivity contribution in [1.82, 2.24) is 10.5 Å². The lowest BCUT2D eigenvalue weighted by Gasteiger charge is -2.22. The van der Waals surface area contributed by atoms with Crippen molar-refractivity contribution in [2.45, 2.75) is 25.7 Å². The highest BCUT2D eigenvalue weighted by Gasteiger charge is 2.37. The molecule has 1 aromatic carbocycles.